The molecule has 1 saturated heterocycles. The van der Waals surface area contributed by atoms with Gasteiger partial charge in [0.05, 0.1) is 22.6 Å². The van der Waals surface area contributed by atoms with E-state index in [2.05, 4.69) is 15.9 Å². The lowest BCUT2D eigenvalue weighted by atomic mass is 10.2. The predicted octanol–water partition coefficient (Wildman–Crippen LogP) is 1.93. The molecule has 8 heteroatoms. The average Bonchev–Trinajstić information content (AvgIpc) is 2.52. The second kappa shape index (κ2) is 7.90. The fourth-order valence-corrected chi connectivity index (χ4v) is 2.44. The summed E-state index contributed by atoms with van der Waals surface area (Å²) in [4.78, 5) is 23.4. The summed E-state index contributed by atoms with van der Waals surface area (Å²) in [5.41, 5.74) is 0.662. The molecule has 0 aliphatic carbocycles. The third kappa shape index (κ3) is 4.81. The lowest BCUT2D eigenvalue weighted by Crippen LogP contribution is -2.43. The van der Waals surface area contributed by atoms with Crippen LogP contribution in [0.15, 0.2) is 28.9 Å². The number of nitrogens with zero attached hydrogens (tertiary/aromatic N) is 2. The SMILES string of the molecule is O=C(COc1ccc(/C=C\[N+](=O)[O-])cc1Br)N1CCOCC1. The van der Waals surface area contributed by atoms with E-state index < -0.39 is 4.92 Å². The Morgan fingerprint density at radius 3 is 2.82 bits per heavy atom. The maximum absolute atomic E-state index is 12.0. The molecule has 1 aliphatic heterocycles. The van der Waals surface area contributed by atoms with E-state index in [4.69, 9.17) is 9.47 Å². The molecular formula is C14H15BrN2O5. The molecule has 0 spiro atoms. The number of morpholine rings is 1. The highest BCUT2D eigenvalue weighted by molar-refractivity contribution is 9.10. The standard InChI is InChI=1S/C14H15BrN2O5/c15-12-9-11(3-4-17(19)20)1-2-13(12)22-10-14(18)16-5-7-21-8-6-16/h1-4,9H,5-8,10H2/b4-3-. The molecule has 0 atom stereocenters. The summed E-state index contributed by atoms with van der Waals surface area (Å²) in [6.07, 6.45) is 2.25. The first-order chi connectivity index (χ1) is 10.6. The first-order valence-electron chi connectivity index (χ1n) is 6.66. The van der Waals surface area contributed by atoms with Crippen molar-refractivity contribution in [1.82, 2.24) is 4.90 Å². The van der Waals surface area contributed by atoms with Gasteiger partial charge in [0.25, 0.3) is 5.91 Å². The summed E-state index contributed by atoms with van der Waals surface area (Å²) >= 11 is 3.33. The van der Waals surface area contributed by atoms with Crippen molar-refractivity contribution < 1.29 is 19.2 Å². The van der Waals surface area contributed by atoms with Crippen LogP contribution in [-0.4, -0.2) is 48.6 Å². The van der Waals surface area contributed by atoms with Gasteiger partial charge in [0, 0.05) is 19.2 Å². The van der Waals surface area contributed by atoms with Crippen LogP contribution in [0.5, 0.6) is 5.75 Å². The minimum Gasteiger partial charge on any atom is -0.483 e. The molecule has 1 aromatic carbocycles. The van der Waals surface area contributed by atoms with Crippen molar-refractivity contribution in [3.05, 3.63) is 44.5 Å². The van der Waals surface area contributed by atoms with Crippen molar-refractivity contribution in [2.45, 2.75) is 0 Å². The topological polar surface area (TPSA) is 81.9 Å². The van der Waals surface area contributed by atoms with E-state index in [1.165, 1.54) is 6.08 Å². The summed E-state index contributed by atoms with van der Waals surface area (Å²) in [5, 5.41) is 10.3. The molecule has 0 aromatic heterocycles. The van der Waals surface area contributed by atoms with E-state index in [9.17, 15) is 14.9 Å². The predicted molar refractivity (Wildman–Crippen MR) is 83.1 cm³/mol. The van der Waals surface area contributed by atoms with Crippen molar-refractivity contribution >= 4 is 27.9 Å². The molecule has 1 aliphatic rings. The quantitative estimate of drug-likeness (QED) is 0.584. The highest BCUT2D eigenvalue weighted by Gasteiger charge is 2.17. The summed E-state index contributed by atoms with van der Waals surface area (Å²) < 4.78 is 11.3. The van der Waals surface area contributed by atoms with E-state index in [-0.39, 0.29) is 12.5 Å². The van der Waals surface area contributed by atoms with Crippen LogP contribution in [0.1, 0.15) is 5.56 Å². The fraction of sp³-hybridized carbons (Fsp3) is 0.357. The average molecular weight is 371 g/mol. The van der Waals surface area contributed by atoms with Gasteiger partial charge in [0.2, 0.25) is 6.20 Å². The number of halogens is 1. The Morgan fingerprint density at radius 1 is 1.45 bits per heavy atom. The number of benzene rings is 1. The Morgan fingerprint density at radius 2 is 2.18 bits per heavy atom. The minimum atomic E-state index is -0.528. The maximum atomic E-state index is 12.0. The van der Waals surface area contributed by atoms with Gasteiger partial charge in [0.15, 0.2) is 6.61 Å². The summed E-state index contributed by atoms with van der Waals surface area (Å²) in [5.74, 6) is 0.424. The van der Waals surface area contributed by atoms with E-state index in [0.29, 0.717) is 42.1 Å². The summed E-state index contributed by atoms with van der Waals surface area (Å²) in [7, 11) is 0. The zero-order chi connectivity index (χ0) is 15.9. The second-order valence-electron chi connectivity index (χ2n) is 4.57. The largest absolute Gasteiger partial charge is 0.483 e. The van der Waals surface area contributed by atoms with E-state index >= 15 is 0 Å². The molecule has 1 fully saturated rings. The highest BCUT2D eigenvalue weighted by Crippen LogP contribution is 2.26. The van der Waals surface area contributed by atoms with Gasteiger partial charge in [-0.05, 0) is 33.6 Å². The Balaban J connectivity index is 1.92. The molecule has 1 heterocycles. The maximum Gasteiger partial charge on any atom is 0.260 e. The van der Waals surface area contributed by atoms with Crippen molar-refractivity contribution in [2.75, 3.05) is 32.9 Å². The Labute approximate surface area is 135 Å². The molecule has 118 valence electrons. The van der Waals surface area contributed by atoms with Crippen LogP contribution in [0.2, 0.25) is 0 Å². The molecule has 0 N–H and O–H groups in total. The molecule has 0 saturated carbocycles. The lowest BCUT2D eigenvalue weighted by molar-refractivity contribution is -0.400. The number of ether oxygens (including phenoxy) is 2. The Hall–Kier alpha value is -1.93. The summed E-state index contributed by atoms with van der Waals surface area (Å²) in [6.45, 7) is 2.20. The lowest BCUT2D eigenvalue weighted by Gasteiger charge is -2.26. The monoisotopic (exact) mass is 370 g/mol. The molecule has 22 heavy (non-hydrogen) atoms. The van der Waals surface area contributed by atoms with Crippen molar-refractivity contribution in [1.29, 1.82) is 0 Å². The van der Waals surface area contributed by atoms with Gasteiger partial charge in [-0.15, -0.1) is 0 Å². The van der Waals surface area contributed by atoms with Crippen LogP contribution in [0, 0.1) is 10.1 Å². The molecule has 2 rings (SSSR count). The number of nitro groups is 1. The summed E-state index contributed by atoms with van der Waals surface area (Å²) in [6, 6.07) is 5.03. The molecule has 7 nitrogen and oxygen atoms in total. The zero-order valence-electron chi connectivity index (χ0n) is 11.7. The Bertz CT molecular complexity index is 585. The fourth-order valence-electron chi connectivity index (χ4n) is 1.93. The van der Waals surface area contributed by atoms with Gasteiger partial charge < -0.3 is 14.4 Å². The zero-order valence-corrected chi connectivity index (χ0v) is 13.3. The second-order valence-corrected chi connectivity index (χ2v) is 5.43. The van der Waals surface area contributed by atoms with E-state index in [1.807, 2.05) is 0 Å². The molecule has 0 unspecified atom stereocenters. The van der Waals surface area contributed by atoms with Gasteiger partial charge in [-0.3, -0.25) is 14.9 Å². The first-order valence-corrected chi connectivity index (χ1v) is 7.45. The van der Waals surface area contributed by atoms with Gasteiger partial charge in [-0.25, -0.2) is 0 Å². The molecular weight excluding hydrogens is 356 g/mol. The Kier molecular flexibility index (Phi) is 5.91. The minimum absolute atomic E-state index is 0.0529. The van der Waals surface area contributed by atoms with Crippen LogP contribution in [0.3, 0.4) is 0 Å². The van der Waals surface area contributed by atoms with Crippen molar-refractivity contribution in [3.8, 4) is 5.75 Å². The van der Waals surface area contributed by atoms with Gasteiger partial charge in [-0.2, -0.15) is 0 Å². The number of carbonyl (C=O) groups is 1. The van der Waals surface area contributed by atoms with Gasteiger partial charge in [0.1, 0.15) is 5.75 Å². The highest BCUT2D eigenvalue weighted by atomic mass is 79.9. The van der Waals surface area contributed by atoms with Crippen LogP contribution < -0.4 is 4.74 Å². The number of carbonyl (C=O) groups excluding carboxylic acids is 1. The first kappa shape index (κ1) is 16.4. The third-order valence-electron chi connectivity index (χ3n) is 3.06. The van der Waals surface area contributed by atoms with Crippen molar-refractivity contribution in [3.63, 3.8) is 0 Å². The molecule has 0 bridgehead atoms. The van der Waals surface area contributed by atoms with Gasteiger partial charge in [-0.1, -0.05) is 6.07 Å². The van der Waals surface area contributed by atoms with Crippen LogP contribution >= 0.6 is 15.9 Å². The van der Waals surface area contributed by atoms with Crippen LogP contribution in [0.4, 0.5) is 0 Å². The third-order valence-corrected chi connectivity index (χ3v) is 3.68. The van der Waals surface area contributed by atoms with Crippen LogP contribution in [-0.2, 0) is 9.53 Å². The van der Waals surface area contributed by atoms with E-state index in [1.54, 1.807) is 23.1 Å². The number of amides is 1. The number of hydrogen-bond acceptors (Lipinski definition) is 5. The molecule has 1 amide bonds. The smallest absolute Gasteiger partial charge is 0.260 e. The number of hydrogen-bond donors (Lipinski definition) is 0. The molecule has 1 aromatic rings. The molecule has 0 radical (unpaired) electrons. The van der Waals surface area contributed by atoms with E-state index in [0.717, 1.165) is 6.20 Å². The normalized spacial score (nSPS) is 15.0. The van der Waals surface area contributed by atoms with Crippen LogP contribution in [0.25, 0.3) is 6.08 Å². The van der Waals surface area contributed by atoms with Crippen molar-refractivity contribution in [2.24, 2.45) is 0 Å². The van der Waals surface area contributed by atoms with Gasteiger partial charge >= 0.3 is 0 Å². The number of rotatable bonds is 5.